The summed E-state index contributed by atoms with van der Waals surface area (Å²) in [5.74, 6) is 1.67. The van der Waals surface area contributed by atoms with Crippen molar-refractivity contribution in [2.75, 3.05) is 0 Å². The minimum atomic E-state index is 0.621. The summed E-state index contributed by atoms with van der Waals surface area (Å²) in [5.41, 5.74) is 3.89. The molecule has 0 aliphatic heterocycles. The van der Waals surface area contributed by atoms with Gasteiger partial charge in [-0.2, -0.15) is 0 Å². The lowest BCUT2D eigenvalue weighted by Gasteiger charge is -2.09. The third-order valence-electron chi connectivity index (χ3n) is 4.73. The Kier molecular flexibility index (Phi) is 3.59. The van der Waals surface area contributed by atoms with Gasteiger partial charge in [-0.25, -0.2) is 0 Å². The molecule has 1 heterocycles. The van der Waals surface area contributed by atoms with Crippen LogP contribution in [0.3, 0.4) is 0 Å². The van der Waals surface area contributed by atoms with Crippen LogP contribution in [0, 0.1) is 0 Å². The van der Waals surface area contributed by atoms with Gasteiger partial charge in [-0.3, -0.25) is 0 Å². The van der Waals surface area contributed by atoms with Gasteiger partial charge in [0, 0.05) is 17.1 Å². The minimum absolute atomic E-state index is 0.621. The Morgan fingerprint density at radius 1 is 1.00 bits per heavy atom. The molecule has 1 saturated carbocycles. The number of hydrogen-bond acceptors (Lipinski definition) is 1. The lowest BCUT2D eigenvalue weighted by Crippen LogP contribution is -1.95. The van der Waals surface area contributed by atoms with Crippen LogP contribution in [0.25, 0.3) is 10.9 Å². The molecule has 0 bridgehead atoms. The molecule has 2 heteroatoms. The van der Waals surface area contributed by atoms with E-state index in [0.29, 0.717) is 6.61 Å². The van der Waals surface area contributed by atoms with Crippen molar-refractivity contribution in [3.63, 3.8) is 0 Å². The Bertz CT molecular complexity index is 754. The van der Waals surface area contributed by atoms with Crippen LogP contribution < -0.4 is 4.74 Å². The van der Waals surface area contributed by atoms with Crippen LogP contribution in [-0.4, -0.2) is 4.98 Å². The fraction of sp³-hybridized carbons (Fsp3) is 0.300. The first-order chi connectivity index (χ1) is 10.9. The van der Waals surface area contributed by atoms with E-state index in [1.165, 1.54) is 47.7 Å². The molecule has 0 saturated heterocycles. The predicted octanol–water partition coefficient (Wildman–Crippen LogP) is 5.40. The van der Waals surface area contributed by atoms with E-state index in [4.69, 9.17) is 4.74 Å². The van der Waals surface area contributed by atoms with Crippen molar-refractivity contribution >= 4 is 10.9 Å². The van der Waals surface area contributed by atoms with Gasteiger partial charge < -0.3 is 9.72 Å². The molecule has 1 aromatic heterocycles. The molecule has 0 unspecified atom stereocenters. The zero-order chi connectivity index (χ0) is 14.8. The monoisotopic (exact) mass is 291 g/mol. The van der Waals surface area contributed by atoms with Crippen molar-refractivity contribution < 1.29 is 4.74 Å². The molecule has 4 rings (SSSR count). The molecule has 2 nitrogen and oxygen atoms in total. The molecular formula is C20H21NO. The van der Waals surface area contributed by atoms with Crippen molar-refractivity contribution in [2.45, 2.75) is 38.2 Å². The highest BCUT2D eigenvalue weighted by Crippen LogP contribution is 2.38. The van der Waals surface area contributed by atoms with Crippen molar-refractivity contribution in [2.24, 2.45) is 0 Å². The molecule has 22 heavy (non-hydrogen) atoms. The average molecular weight is 291 g/mol. The Morgan fingerprint density at radius 3 is 2.64 bits per heavy atom. The lowest BCUT2D eigenvalue weighted by atomic mass is 9.97. The van der Waals surface area contributed by atoms with Gasteiger partial charge in [0.15, 0.2) is 0 Å². The van der Waals surface area contributed by atoms with Crippen molar-refractivity contribution in [3.05, 3.63) is 65.9 Å². The summed E-state index contributed by atoms with van der Waals surface area (Å²) in [7, 11) is 0. The minimum Gasteiger partial charge on any atom is -0.489 e. The molecule has 1 aliphatic carbocycles. The number of ether oxygens (including phenoxy) is 1. The van der Waals surface area contributed by atoms with E-state index in [0.717, 1.165) is 11.7 Å². The van der Waals surface area contributed by atoms with Crippen molar-refractivity contribution in [1.82, 2.24) is 4.98 Å². The smallest absolute Gasteiger partial charge is 0.120 e. The largest absolute Gasteiger partial charge is 0.489 e. The van der Waals surface area contributed by atoms with Gasteiger partial charge in [-0.15, -0.1) is 0 Å². The second-order valence-electron chi connectivity index (χ2n) is 6.21. The Labute approximate surface area is 131 Å². The second-order valence-corrected chi connectivity index (χ2v) is 6.21. The van der Waals surface area contributed by atoms with Gasteiger partial charge in [0.05, 0.1) is 0 Å². The van der Waals surface area contributed by atoms with Gasteiger partial charge in [-0.1, -0.05) is 43.2 Å². The van der Waals surface area contributed by atoms with E-state index in [2.05, 4.69) is 41.5 Å². The molecule has 3 aromatic rings. The first-order valence-corrected chi connectivity index (χ1v) is 8.18. The molecule has 1 aliphatic rings. The summed E-state index contributed by atoms with van der Waals surface area (Å²) in [5, 5.41) is 1.33. The molecule has 2 aromatic carbocycles. The molecule has 0 amide bonds. The van der Waals surface area contributed by atoms with Crippen LogP contribution >= 0.6 is 0 Å². The van der Waals surface area contributed by atoms with E-state index >= 15 is 0 Å². The maximum atomic E-state index is 5.97. The zero-order valence-corrected chi connectivity index (χ0v) is 12.7. The quantitative estimate of drug-likeness (QED) is 0.683. The third kappa shape index (κ3) is 2.61. The van der Waals surface area contributed by atoms with E-state index in [9.17, 15) is 0 Å². The SMILES string of the molecule is c1ccc(COc2ccc3[nH]cc(C4CCCC4)c3c2)cc1. The van der Waals surface area contributed by atoms with Gasteiger partial charge in [0.25, 0.3) is 0 Å². The molecule has 1 N–H and O–H groups in total. The Morgan fingerprint density at radius 2 is 1.82 bits per heavy atom. The van der Waals surface area contributed by atoms with E-state index in [-0.39, 0.29) is 0 Å². The molecule has 0 atom stereocenters. The molecule has 1 fully saturated rings. The first-order valence-electron chi connectivity index (χ1n) is 8.18. The number of nitrogens with one attached hydrogen (secondary N) is 1. The third-order valence-corrected chi connectivity index (χ3v) is 4.73. The van der Waals surface area contributed by atoms with Gasteiger partial charge in [0.1, 0.15) is 12.4 Å². The van der Waals surface area contributed by atoms with Gasteiger partial charge in [-0.05, 0) is 48.1 Å². The standard InChI is InChI=1S/C20H21NO/c1-2-6-15(7-3-1)14-22-17-10-11-20-18(12-17)19(13-21-20)16-8-4-5-9-16/h1-3,6-7,10-13,16,21H,4-5,8-9,14H2. The summed E-state index contributed by atoms with van der Waals surface area (Å²) in [6.45, 7) is 0.621. The fourth-order valence-corrected chi connectivity index (χ4v) is 3.53. The summed E-state index contributed by atoms with van der Waals surface area (Å²) < 4.78 is 5.97. The van der Waals surface area contributed by atoms with Gasteiger partial charge in [0.2, 0.25) is 0 Å². The van der Waals surface area contributed by atoms with Crippen LogP contribution in [0.15, 0.2) is 54.7 Å². The second kappa shape index (κ2) is 5.88. The van der Waals surface area contributed by atoms with Crippen LogP contribution in [0.4, 0.5) is 0 Å². The number of aromatic amines is 1. The molecule has 112 valence electrons. The zero-order valence-electron chi connectivity index (χ0n) is 12.7. The summed E-state index contributed by atoms with van der Waals surface area (Å²) in [6.07, 6.45) is 7.56. The van der Waals surface area contributed by atoms with Crippen LogP contribution in [0.1, 0.15) is 42.7 Å². The highest BCUT2D eigenvalue weighted by molar-refractivity contribution is 5.85. The Hall–Kier alpha value is -2.22. The summed E-state index contributed by atoms with van der Waals surface area (Å²) in [6, 6.07) is 16.7. The number of benzene rings is 2. The molecule has 0 radical (unpaired) electrons. The van der Waals surface area contributed by atoms with E-state index < -0.39 is 0 Å². The van der Waals surface area contributed by atoms with Crippen molar-refractivity contribution in [1.29, 1.82) is 0 Å². The van der Waals surface area contributed by atoms with E-state index in [1.54, 1.807) is 0 Å². The fourth-order valence-electron chi connectivity index (χ4n) is 3.53. The maximum absolute atomic E-state index is 5.97. The highest BCUT2D eigenvalue weighted by Gasteiger charge is 2.20. The van der Waals surface area contributed by atoms with Crippen molar-refractivity contribution in [3.8, 4) is 5.75 Å². The van der Waals surface area contributed by atoms with Crippen LogP contribution in [-0.2, 0) is 6.61 Å². The number of hydrogen-bond donors (Lipinski definition) is 1. The summed E-state index contributed by atoms with van der Waals surface area (Å²) >= 11 is 0. The highest BCUT2D eigenvalue weighted by atomic mass is 16.5. The predicted molar refractivity (Wildman–Crippen MR) is 90.3 cm³/mol. The normalized spacial score (nSPS) is 15.5. The topological polar surface area (TPSA) is 25.0 Å². The number of fused-ring (bicyclic) bond motifs is 1. The molecule has 0 spiro atoms. The maximum Gasteiger partial charge on any atom is 0.120 e. The summed E-state index contributed by atoms with van der Waals surface area (Å²) in [4.78, 5) is 3.41. The first kappa shape index (κ1) is 13.4. The Balaban J connectivity index is 1.58. The number of H-pyrrole nitrogens is 1. The van der Waals surface area contributed by atoms with E-state index in [1.807, 2.05) is 18.2 Å². The van der Waals surface area contributed by atoms with Crippen LogP contribution in [0.2, 0.25) is 0 Å². The average Bonchev–Trinajstić information content (AvgIpc) is 3.22. The number of aromatic nitrogens is 1. The lowest BCUT2D eigenvalue weighted by molar-refractivity contribution is 0.306. The molecular weight excluding hydrogens is 270 g/mol. The van der Waals surface area contributed by atoms with Gasteiger partial charge >= 0.3 is 0 Å². The van der Waals surface area contributed by atoms with Crippen LogP contribution in [0.5, 0.6) is 5.75 Å². The number of rotatable bonds is 4.